The summed E-state index contributed by atoms with van der Waals surface area (Å²) in [5, 5.41) is 5.74. The number of nitrogens with one attached hydrogen (secondary N) is 2. The Morgan fingerprint density at radius 2 is 1.89 bits per heavy atom. The standard InChI is InChI=1S/C22H24N2O4/c1-3-20(25)24-15(2)17-10-8-16(9-11-17)14-23-22(26)18-6-4-7-19-21(18)28-13-5-12-27-19/h3-4,6-11,15H,1,5,12-14H2,2H3,(H,23,26)(H,24,25). The first-order chi connectivity index (χ1) is 13.6. The molecule has 1 aliphatic rings. The van der Waals surface area contributed by atoms with Crippen molar-refractivity contribution in [1.82, 2.24) is 10.6 Å². The van der Waals surface area contributed by atoms with Crippen LogP contribution in [0.5, 0.6) is 11.5 Å². The van der Waals surface area contributed by atoms with Crippen LogP contribution < -0.4 is 20.1 Å². The van der Waals surface area contributed by atoms with Crippen LogP contribution in [-0.2, 0) is 11.3 Å². The average molecular weight is 380 g/mol. The number of hydrogen-bond donors (Lipinski definition) is 2. The van der Waals surface area contributed by atoms with E-state index in [1.54, 1.807) is 12.1 Å². The highest BCUT2D eigenvalue weighted by molar-refractivity contribution is 5.97. The first kappa shape index (κ1) is 19.5. The molecule has 2 aromatic rings. The molecule has 2 N–H and O–H groups in total. The van der Waals surface area contributed by atoms with Gasteiger partial charge < -0.3 is 20.1 Å². The van der Waals surface area contributed by atoms with Gasteiger partial charge in [-0.3, -0.25) is 9.59 Å². The summed E-state index contributed by atoms with van der Waals surface area (Å²) in [6.45, 7) is 6.85. The molecule has 1 heterocycles. The SMILES string of the molecule is C=CC(=O)NC(C)c1ccc(CNC(=O)c2cccc3c2OCCCO3)cc1. The second kappa shape index (κ2) is 9.08. The van der Waals surface area contributed by atoms with Gasteiger partial charge in [0.2, 0.25) is 5.91 Å². The fraction of sp³-hybridized carbons (Fsp3) is 0.273. The van der Waals surface area contributed by atoms with Crippen LogP contribution in [0.2, 0.25) is 0 Å². The molecule has 2 aromatic carbocycles. The molecule has 0 bridgehead atoms. The molecular formula is C22H24N2O4. The minimum atomic E-state index is -0.211. The maximum absolute atomic E-state index is 12.6. The topological polar surface area (TPSA) is 76.7 Å². The van der Waals surface area contributed by atoms with E-state index in [4.69, 9.17) is 9.47 Å². The van der Waals surface area contributed by atoms with Crippen molar-refractivity contribution in [2.24, 2.45) is 0 Å². The van der Waals surface area contributed by atoms with Crippen molar-refractivity contribution in [2.45, 2.75) is 25.9 Å². The smallest absolute Gasteiger partial charge is 0.255 e. The van der Waals surface area contributed by atoms with Gasteiger partial charge in [0.15, 0.2) is 11.5 Å². The third-order valence-corrected chi connectivity index (χ3v) is 4.49. The zero-order valence-corrected chi connectivity index (χ0v) is 15.9. The van der Waals surface area contributed by atoms with Crippen LogP contribution in [0.4, 0.5) is 0 Å². The fourth-order valence-electron chi connectivity index (χ4n) is 2.93. The third-order valence-electron chi connectivity index (χ3n) is 4.49. The van der Waals surface area contributed by atoms with Crippen molar-refractivity contribution < 1.29 is 19.1 Å². The number of carbonyl (C=O) groups excluding carboxylic acids is 2. The van der Waals surface area contributed by atoms with Gasteiger partial charge in [-0.05, 0) is 36.3 Å². The lowest BCUT2D eigenvalue weighted by Crippen LogP contribution is -2.25. The Labute approximate surface area is 164 Å². The molecule has 1 atom stereocenters. The van der Waals surface area contributed by atoms with E-state index >= 15 is 0 Å². The zero-order chi connectivity index (χ0) is 19.9. The number of ether oxygens (including phenoxy) is 2. The Bertz CT molecular complexity index is 861. The molecule has 0 aromatic heterocycles. The van der Waals surface area contributed by atoms with Gasteiger partial charge in [0, 0.05) is 13.0 Å². The number of benzene rings is 2. The van der Waals surface area contributed by atoms with E-state index in [1.807, 2.05) is 37.3 Å². The van der Waals surface area contributed by atoms with Crippen molar-refractivity contribution in [3.05, 3.63) is 71.8 Å². The number of rotatable bonds is 6. The number of fused-ring (bicyclic) bond motifs is 1. The van der Waals surface area contributed by atoms with Crippen LogP contribution in [-0.4, -0.2) is 25.0 Å². The minimum absolute atomic E-state index is 0.119. The maximum Gasteiger partial charge on any atom is 0.255 e. The summed E-state index contributed by atoms with van der Waals surface area (Å²) < 4.78 is 11.3. The highest BCUT2D eigenvalue weighted by Crippen LogP contribution is 2.33. The van der Waals surface area contributed by atoms with E-state index in [9.17, 15) is 9.59 Å². The van der Waals surface area contributed by atoms with Gasteiger partial charge in [0.25, 0.3) is 5.91 Å². The summed E-state index contributed by atoms with van der Waals surface area (Å²) in [7, 11) is 0. The van der Waals surface area contributed by atoms with Gasteiger partial charge in [-0.25, -0.2) is 0 Å². The molecule has 0 spiro atoms. The quantitative estimate of drug-likeness (QED) is 0.755. The number of hydrogen-bond acceptors (Lipinski definition) is 4. The van der Waals surface area contributed by atoms with E-state index in [0.29, 0.717) is 36.8 Å². The van der Waals surface area contributed by atoms with Gasteiger partial charge in [-0.2, -0.15) is 0 Å². The van der Waals surface area contributed by atoms with E-state index in [1.165, 1.54) is 6.08 Å². The highest BCUT2D eigenvalue weighted by Gasteiger charge is 2.19. The molecule has 0 aliphatic carbocycles. The van der Waals surface area contributed by atoms with Crippen molar-refractivity contribution >= 4 is 11.8 Å². The average Bonchev–Trinajstić information content (AvgIpc) is 2.97. The van der Waals surface area contributed by atoms with Crippen molar-refractivity contribution in [3.63, 3.8) is 0 Å². The Morgan fingerprint density at radius 3 is 2.64 bits per heavy atom. The predicted molar refractivity (Wildman–Crippen MR) is 106 cm³/mol. The van der Waals surface area contributed by atoms with Crippen molar-refractivity contribution in [2.75, 3.05) is 13.2 Å². The molecule has 0 fully saturated rings. The Hall–Kier alpha value is -3.28. The monoisotopic (exact) mass is 380 g/mol. The molecule has 2 amide bonds. The molecule has 6 nitrogen and oxygen atoms in total. The maximum atomic E-state index is 12.6. The lowest BCUT2D eigenvalue weighted by Gasteiger charge is -2.14. The summed E-state index contributed by atoms with van der Waals surface area (Å²) in [4.78, 5) is 24.0. The van der Waals surface area contributed by atoms with Crippen LogP contribution in [0.3, 0.4) is 0 Å². The van der Waals surface area contributed by atoms with Gasteiger partial charge in [-0.15, -0.1) is 0 Å². The summed E-state index contributed by atoms with van der Waals surface area (Å²) in [5.41, 5.74) is 2.40. The fourth-order valence-corrected chi connectivity index (χ4v) is 2.93. The van der Waals surface area contributed by atoms with Crippen LogP contribution in [0.25, 0.3) is 0 Å². The molecule has 0 radical (unpaired) electrons. The van der Waals surface area contributed by atoms with E-state index in [-0.39, 0.29) is 17.9 Å². The molecule has 3 rings (SSSR count). The Balaban J connectivity index is 1.62. The second-order valence-electron chi connectivity index (χ2n) is 6.54. The minimum Gasteiger partial charge on any atom is -0.490 e. The summed E-state index contributed by atoms with van der Waals surface area (Å²) in [6, 6.07) is 12.9. The Morgan fingerprint density at radius 1 is 1.14 bits per heavy atom. The molecule has 0 saturated carbocycles. The van der Waals surface area contributed by atoms with Crippen molar-refractivity contribution in [3.8, 4) is 11.5 Å². The van der Waals surface area contributed by atoms with Crippen LogP contribution in [0.1, 0.15) is 40.9 Å². The molecule has 0 saturated heterocycles. The molecule has 146 valence electrons. The summed E-state index contributed by atoms with van der Waals surface area (Å²) in [6.07, 6.45) is 2.03. The number of amides is 2. The lowest BCUT2D eigenvalue weighted by atomic mass is 10.1. The van der Waals surface area contributed by atoms with Crippen LogP contribution >= 0.6 is 0 Å². The van der Waals surface area contributed by atoms with Gasteiger partial charge in [0.05, 0.1) is 24.8 Å². The van der Waals surface area contributed by atoms with Crippen LogP contribution in [0.15, 0.2) is 55.1 Å². The van der Waals surface area contributed by atoms with Gasteiger partial charge in [-0.1, -0.05) is 36.9 Å². The highest BCUT2D eigenvalue weighted by atomic mass is 16.5. The Kier molecular flexibility index (Phi) is 6.32. The lowest BCUT2D eigenvalue weighted by molar-refractivity contribution is -0.117. The molecule has 1 aliphatic heterocycles. The first-order valence-electron chi connectivity index (χ1n) is 9.27. The molecule has 6 heteroatoms. The largest absolute Gasteiger partial charge is 0.490 e. The zero-order valence-electron chi connectivity index (χ0n) is 15.9. The summed E-state index contributed by atoms with van der Waals surface area (Å²) in [5.74, 6) is 0.680. The second-order valence-corrected chi connectivity index (χ2v) is 6.54. The molecule has 28 heavy (non-hydrogen) atoms. The normalized spacial score (nSPS) is 13.8. The number of para-hydroxylation sites is 1. The van der Waals surface area contributed by atoms with Gasteiger partial charge in [0.1, 0.15) is 0 Å². The first-order valence-corrected chi connectivity index (χ1v) is 9.27. The summed E-state index contributed by atoms with van der Waals surface area (Å²) >= 11 is 0. The molecule has 1 unspecified atom stereocenters. The van der Waals surface area contributed by atoms with E-state index < -0.39 is 0 Å². The molecular weight excluding hydrogens is 356 g/mol. The van der Waals surface area contributed by atoms with Gasteiger partial charge >= 0.3 is 0 Å². The van der Waals surface area contributed by atoms with E-state index in [0.717, 1.165) is 17.5 Å². The number of carbonyl (C=O) groups is 2. The third kappa shape index (κ3) is 4.71. The predicted octanol–water partition coefficient (Wildman–Crippen LogP) is 3.14. The van der Waals surface area contributed by atoms with Crippen molar-refractivity contribution in [1.29, 1.82) is 0 Å². The van der Waals surface area contributed by atoms with Crippen LogP contribution in [0, 0.1) is 0 Å². The van der Waals surface area contributed by atoms with E-state index in [2.05, 4.69) is 17.2 Å².